The number of nitrogens with one attached hydrogen (secondary N) is 2. The standard InChI is InChI=1S/C41H64N6O13/c1-4-5-7-14-31(49)58-29-20-24-19-27(36(53)44-15-10-11-16-45-41(42)43)47(26(24)21-30(29)59-40-34(52)32(50)33(51)35(60-40)39(56)57)38(55)25(17-22(2)3)46-37(54)28(48)18-23-12-8-6-9-13-23/h6,8-9,12-13,22,24-30,32-35,40,48,50-52H,4-5,7,10-11,14-21H2,1-3H3,(H,44,53)(H,46,54)(H,56,57)(H4,42,43,45). The number of carbonyl (C=O) groups is 5. The first-order chi connectivity index (χ1) is 28.5. The summed E-state index contributed by atoms with van der Waals surface area (Å²) in [4.78, 5) is 72.9. The lowest BCUT2D eigenvalue weighted by molar-refractivity contribution is -0.314. The Bertz CT molecular complexity index is 1610. The van der Waals surface area contributed by atoms with Crippen molar-refractivity contribution in [1.29, 1.82) is 0 Å². The van der Waals surface area contributed by atoms with Gasteiger partial charge in [-0.3, -0.25) is 24.2 Å². The van der Waals surface area contributed by atoms with Crippen molar-refractivity contribution in [1.82, 2.24) is 15.5 Å². The number of hydrogen-bond acceptors (Lipinski definition) is 13. The minimum absolute atomic E-state index is 0.000980. The summed E-state index contributed by atoms with van der Waals surface area (Å²) < 4.78 is 17.5. The number of ether oxygens (including phenoxy) is 3. The first-order valence-corrected chi connectivity index (χ1v) is 21.0. The number of carboxylic acids is 1. The molecule has 12 unspecified atom stereocenters. The molecule has 0 aromatic heterocycles. The average molecular weight is 849 g/mol. The number of benzene rings is 1. The van der Waals surface area contributed by atoms with Gasteiger partial charge >= 0.3 is 11.9 Å². The molecule has 0 spiro atoms. The summed E-state index contributed by atoms with van der Waals surface area (Å²) in [5, 5.41) is 57.9. The van der Waals surface area contributed by atoms with Gasteiger partial charge in [-0.25, -0.2) is 4.79 Å². The van der Waals surface area contributed by atoms with E-state index in [1.807, 2.05) is 20.8 Å². The number of carbonyl (C=O) groups excluding carboxylic acids is 4. The number of hydrogen-bond donors (Lipinski definition) is 9. The van der Waals surface area contributed by atoms with Crippen LogP contribution in [0.3, 0.4) is 0 Å². The van der Waals surface area contributed by atoms with Crippen LogP contribution in [0.25, 0.3) is 0 Å². The van der Waals surface area contributed by atoms with Gasteiger partial charge in [-0.2, -0.15) is 0 Å². The minimum atomic E-state index is -1.98. The van der Waals surface area contributed by atoms with E-state index in [1.54, 1.807) is 30.3 Å². The van der Waals surface area contributed by atoms with Gasteiger partial charge in [0.25, 0.3) is 0 Å². The molecule has 2 heterocycles. The fourth-order valence-electron chi connectivity index (χ4n) is 8.16. The van der Waals surface area contributed by atoms with Crippen molar-refractivity contribution in [3.8, 4) is 0 Å². The van der Waals surface area contributed by atoms with Crippen LogP contribution in [0, 0.1) is 11.8 Å². The van der Waals surface area contributed by atoms with E-state index in [4.69, 9.17) is 25.7 Å². The summed E-state index contributed by atoms with van der Waals surface area (Å²) in [6.45, 7) is 6.30. The first kappa shape index (κ1) is 48.3. The highest BCUT2D eigenvalue weighted by Gasteiger charge is 2.55. The number of nitrogens with two attached hydrogens (primary N) is 2. The first-order valence-electron chi connectivity index (χ1n) is 21.0. The molecule has 11 N–H and O–H groups in total. The van der Waals surface area contributed by atoms with Crippen molar-refractivity contribution in [2.45, 2.75) is 159 Å². The summed E-state index contributed by atoms with van der Waals surface area (Å²) in [7, 11) is 0. The van der Waals surface area contributed by atoms with Crippen LogP contribution in [0.5, 0.6) is 0 Å². The van der Waals surface area contributed by atoms with Crippen molar-refractivity contribution in [2.24, 2.45) is 28.3 Å². The molecule has 336 valence electrons. The highest BCUT2D eigenvalue weighted by molar-refractivity contribution is 5.93. The molecule has 2 aliphatic heterocycles. The number of aliphatic carboxylic acids is 1. The second kappa shape index (κ2) is 23.0. The summed E-state index contributed by atoms with van der Waals surface area (Å²) in [6.07, 6.45) is -9.55. The number of carboxylic acid groups (broad SMARTS) is 1. The van der Waals surface area contributed by atoms with E-state index in [9.17, 15) is 49.5 Å². The molecule has 3 fully saturated rings. The molecule has 0 radical (unpaired) electrons. The number of amides is 3. The number of nitrogens with zero attached hydrogens (tertiary/aromatic N) is 2. The van der Waals surface area contributed by atoms with Crippen molar-refractivity contribution in [3.05, 3.63) is 35.9 Å². The quantitative estimate of drug-likeness (QED) is 0.0324. The van der Waals surface area contributed by atoms with E-state index in [-0.39, 0.29) is 56.9 Å². The Balaban J connectivity index is 1.66. The van der Waals surface area contributed by atoms with Crippen LogP contribution in [0.1, 0.15) is 90.5 Å². The number of unbranched alkanes of at least 4 members (excludes halogenated alkanes) is 3. The van der Waals surface area contributed by atoms with Crippen LogP contribution < -0.4 is 22.1 Å². The maximum Gasteiger partial charge on any atom is 0.335 e. The Morgan fingerprint density at radius 2 is 1.67 bits per heavy atom. The van der Waals surface area contributed by atoms with E-state index >= 15 is 0 Å². The lowest BCUT2D eigenvalue weighted by Gasteiger charge is -2.45. The number of esters is 1. The third-order valence-electron chi connectivity index (χ3n) is 11.2. The summed E-state index contributed by atoms with van der Waals surface area (Å²) >= 11 is 0. The van der Waals surface area contributed by atoms with E-state index in [0.29, 0.717) is 31.4 Å². The third kappa shape index (κ3) is 13.3. The van der Waals surface area contributed by atoms with Crippen molar-refractivity contribution < 1.29 is 63.7 Å². The van der Waals surface area contributed by atoms with Gasteiger partial charge < -0.3 is 66.7 Å². The van der Waals surface area contributed by atoms with E-state index < -0.39 is 103 Å². The molecule has 2 saturated heterocycles. The SMILES string of the molecule is CCCCCC(=O)OC1CC2CC(C(=O)NCCCCN=C(N)N)N(C(=O)C(CC(C)C)NC(=O)C(O)Cc3ccccc3)C2CC1OC1OC(C(=O)O)C(O)C(O)C1O. The largest absolute Gasteiger partial charge is 0.479 e. The number of rotatable bonds is 21. The average Bonchev–Trinajstić information content (AvgIpc) is 3.57. The molecule has 1 aliphatic carbocycles. The molecule has 12 atom stereocenters. The van der Waals surface area contributed by atoms with Crippen molar-refractivity contribution >= 4 is 35.6 Å². The molecule has 1 aromatic carbocycles. The van der Waals surface area contributed by atoms with Crippen LogP contribution >= 0.6 is 0 Å². The molecular weight excluding hydrogens is 784 g/mol. The second-order valence-electron chi connectivity index (χ2n) is 16.4. The van der Waals surface area contributed by atoms with Gasteiger partial charge in [0.2, 0.25) is 17.7 Å². The zero-order valence-electron chi connectivity index (χ0n) is 34.6. The molecule has 3 amide bonds. The number of guanidine groups is 1. The summed E-state index contributed by atoms with van der Waals surface area (Å²) in [6, 6.07) is 5.92. The van der Waals surface area contributed by atoms with Gasteiger partial charge in [0, 0.05) is 32.0 Å². The third-order valence-corrected chi connectivity index (χ3v) is 11.2. The van der Waals surface area contributed by atoms with Gasteiger partial charge in [0.1, 0.15) is 42.6 Å². The summed E-state index contributed by atoms with van der Waals surface area (Å²) in [5.74, 6) is -4.57. The van der Waals surface area contributed by atoms with Crippen LogP contribution in [0.2, 0.25) is 0 Å². The molecule has 19 nitrogen and oxygen atoms in total. The number of aliphatic hydroxyl groups excluding tert-OH is 4. The maximum absolute atomic E-state index is 14.9. The van der Waals surface area contributed by atoms with E-state index in [2.05, 4.69) is 15.6 Å². The molecule has 4 rings (SSSR count). The fourth-order valence-corrected chi connectivity index (χ4v) is 8.16. The Morgan fingerprint density at radius 1 is 0.950 bits per heavy atom. The highest BCUT2D eigenvalue weighted by atomic mass is 16.7. The van der Waals surface area contributed by atoms with Crippen molar-refractivity contribution in [3.63, 3.8) is 0 Å². The lowest BCUT2D eigenvalue weighted by Crippen LogP contribution is -2.62. The number of fused-ring (bicyclic) bond motifs is 1. The van der Waals surface area contributed by atoms with Gasteiger partial charge in [0.05, 0.1) is 6.10 Å². The minimum Gasteiger partial charge on any atom is -0.479 e. The molecule has 3 aliphatic rings. The molecule has 1 aromatic rings. The van der Waals surface area contributed by atoms with Crippen LogP contribution in [-0.2, 0) is 44.6 Å². The molecule has 1 saturated carbocycles. The van der Waals surface area contributed by atoms with Crippen LogP contribution in [0.15, 0.2) is 35.3 Å². The van der Waals surface area contributed by atoms with Crippen LogP contribution in [0.4, 0.5) is 0 Å². The Kier molecular flexibility index (Phi) is 18.5. The molecule has 0 bridgehead atoms. The summed E-state index contributed by atoms with van der Waals surface area (Å²) in [5.41, 5.74) is 11.5. The fraction of sp³-hybridized carbons (Fsp3) is 0.707. The Labute approximate surface area is 350 Å². The Morgan fingerprint density at radius 3 is 2.32 bits per heavy atom. The van der Waals surface area contributed by atoms with Crippen molar-refractivity contribution in [2.75, 3.05) is 13.1 Å². The molecule has 19 heteroatoms. The van der Waals surface area contributed by atoms with E-state index in [0.717, 1.165) is 12.8 Å². The van der Waals surface area contributed by atoms with Crippen LogP contribution in [-0.4, -0.2) is 146 Å². The van der Waals surface area contributed by atoms with Gasteiger partial charge in [0.15, 0.2) is 18.4 Å². The van der Waals surface area contributed by atoms with Gasteiger partial charge in [-0.1, -0.05) is 63.9 Å². The Hall–Kier alpha value is -4.40. The molecule has 60 heavy (non-hydrogen) atoms. The second-order valence-corrected chi connectivity index (χ2v) is 16.4. The lowest BCUT2D eigenvalue weighted by atomic mass is 9.80. The number of likely N-dealkylation sites (tertiary alicyclic amines) is 1. The van der Waals surface area contributed by atoms with Gasteiger partial charge in [-0.05, 0) is 62.3 Å². The topological polar surface area (TPSA) is 306 Å². The number of aliphatic imine (C=N–C) groups is 1. The predicted molar refractivity (Wildman–Crippen MR) is 215 cm³/mol. The van der Waals surface area contributed by atoms with Gasteiger partial charge in [-0.15, -0.1) is 0 Å². The normalized spacial score (nSPS) is 28.6. The smallest absolute Gasteiger partial charge is 0.335 e. The molecular formula is C41H64N6O13. The monoisotopic (exact) mass is 848 g/mol. The predicted octanol–water partition coefficient (Wildman–Crippen LogP) is -0.560. The highest BCUT2D eigenvalue weighted by Crippen LogP contribution is 2.43. The zero-order chi connectivity index (χ0) is 44.1. The number of aliphatic hydroxyl groups is 4. The maximum atomic E-state index is 14.9. The zero-order valence-corrected chi connectivity index (χ0v) is 34.6. The van der Waals surface area contributed by atoms with E-state index in [1.165, 1.54) is 4.90 Å².